The van der Waals surface area contributed by atoms with Gasteiger partial charge in [0, 0.05) is 18.7 Å². The largest absolute Gasteiger partial charge is 0.392 e. The van der Waals surface area contributed by atoms with Crippen LogP contribution in [0.1, 0.15) is 30.6 Å². The summed E-state index contributed by atoms with van der Waals surface area (Å²) >= 11 is 0. The van der Waals surface area contributed by atoms with Gasteiger partial charge in [-0.25, -0.2) is 4.39 Å². The number of hydrogen-bond donors (Lipinski definition) is 3. The molecule has 6 heteroatoms. The van der Waals surface area contributed by atoms with Crippen molar-refractivity contribution in [3.05, 3.63) is 35.6 Å². The number of carbonyl (C=O) groups is 2. The van der Waals surface area contributed by atoms with Gasteiger partial charge < -0.3 is 15.7 Å². The third-order valence-corrected chi connectivity index (χ3v) is 3.00. The van der Waals surface area contributed by atoms with Crippen LogP contribution in [-0.4, -0.2) is 36.1 Å². The summed E-state index contributed by atoms with van der Waals surface area (Å²) < 4.78 is 12.7. The fraction of sp³-hybridized carbons (Fsp3) is 0.467. The standard InChI is InChI=1S/C15H21FN2O3/c1-10(2)13(19)9-14(20)17-7-8-18-15(21)11-3-5-12(16)6-4-11/h3-6,10,13,19H,7-9H2,1-2H3,(H,17,20)(H,18,21). The van der Waals surface area contributed by atoms with E-state index in [0.717, 1.165) is 0 Å². The minimum Gasteiger partial charge on any atom is -0.392 e. The summed E-state index contributed by atoms with van der Waals surface area (Å²) in [6.07, 6.45) is -0.623. The number of aliphatic hydroxyl groups is 1. The lowest BCUT2D eigenvalue weighted by Crippen LogP contribution is -2.36. The molecule has 2 amide bonds. The van der Waals surface area contributed by atoms with Gasteiger partial charge in [0.05, 0.1) is 12.5 Å². The van der Waals surface area contributed by atoms with Crippen LogP contribution in [0, 0.1) is 11.7 Å². The van der Waals surface area contributed by atoms with Crippen molar-refractivity contribution in [3.63, 3.8) is 0 Å². The fourth-order valence-electron chi connectivity index (χ4n) is 1.58. The molecule has 1 rings (SSSR count). The number of hydrogen-bond acceptors (Lipinski definition) is 3. The zero-order chi connectivity index (χ0) is 15.8. The van der Waals surface area contributed by atoms with Gasteiger partial charge in [0.25, 0.3) is 5.91 Å². The van der Waals surface area contributed by atoms with Gasteiger partial charge in [-0.05, 0) is 30.2 Å². The summed E-state index contributed by atoms with van der Waals surface area (Å²) in [7, 11) is 0. The molecular formula is C15H21FN2O3. The quantitative estimate of drug-likeness (QED) is 0.659. The van der Waals surface area contributed by atoms with Crippen molar-refractivity contribution in [3.8, 4) is 0 Å². The molecular weight excluding hydrogens is 275 g/mol. The van der Waals surface area contributed by atoms with Gasteiger partial charge in [-0.3, -0.25) is 9.59 Å². The summed E-state index contributed by atoms with van der Waals surface area (Å²) in [6.45, 7) is 4.21. The normalized spacial score (nSPS) is 12.0. The average molecular weight is 296 g/mol. The first-order chi connectivity index (χ1) is 9.90. The Hall–Kier alpha value is -1.95. The first kappa shape index (κ1) is 17.1. The highest BCUT2D eigenvalue weighted by atomic mass is 19.1. The van der Waals surface area contributed by atoms with Gasteiger partial charge in [0.15, 0.2) is 0 Å². The lowest BCUT2D eigenvalue weighted by Gasteiger charge is -2.14. The summed E-state index contributed by atoms with van der Waals surface area (Å²) in [6, 6.07) is 5.21. The van der Waals surface area contributed by atoms with Crippen LogP contribution in [0.5, 0.6) is 0 Å². The van der Waals surface area contributed by atoms with Crippen molar-refractivity contribution in [1.29, 1.82) is 0 Å². The van der Waals surface area contributed by atoms with Crippen molar-refractivity contribution in [2.75, 3.05) is 13.1 Å². The van der Waals surface area contributed by atoms with Gasteiger partial charge >= 0.3 is 0 Å². The minimum atomic E-state index is -0.668. The number of rotatable bonds is 7. The Morgan fingerprint density at radius 1 is 1.14 bits per heavy atom. The lowest BCUT2D eigenvalue weighted by atomic mass is 10.0. The Bertz CT molecular complexity index is 474. The second kappa shape index (κ2) is 8.36. The molecule has 0 saturated heterocycles. The molecule has 1 aromatic carbocycles. The number of nitrogens with one attached hydrogen (secondary N) is 2. The average Bonchev–Trinajstić information content (AvgIpc) is 2.44. The van der Waals surface area contributed by atoms with E-state index in [2.05, 4.69) is 10.6 Å². The molecule has 1 aromatic rings. The molecule has 0 bridgehead atoms. The fourth-order valence-corrected chi connectivity index (χ4v) is 1.58. The molecule has 0 fully saturated rings. The molecule has 1 unspecified atom stereocenters. The van der Waals surface area contributed by atoms with Crippen molar-refractivity contribution < 1.29 is 19.1 Å². The Kier molecular flexibility index (Phi) is 6.81. The highest BCUT2D eigenvalue weighted by Crippen LogP contribution is 2.04. The zero-order valence-corrected chi connectivity index (χ0v) is 12.2. The SMILES string of the molecule is CC(C)C(O)CC(=O)NCCNC(=O)c1ccc(F)cc1. The molecule has 0 aromatic heterocycles. The number of carbonyl (C=O) groups excluding carboxylic acids is 2. The molecule has 0 aliphatic heterocycles. The summed E-state index contributed by atoms with van der Waals surface area (Å²) in [5, 5.41) is 14.8. The maximum atomic E-state index is 12.7. The Morgan fingerprint density at radius 3 is 2.29 bits per heavy atom. The van der Waals surface area contributed by atoms with Crippen LogP contribution in [0.2, 0.25) is 0 Å². The number of halogens is 1. The van der Waals surface area contributed by atoms with E-state index < -0.39 is 11.9 Å². The number of amides is 2. The topological polar surface area (TPSA) is 78.4 Å². The maximum absolute atomic E-state index is 12.7. The van der Waals surface area contributed by atoms with Gasteiger partial charge in [-0.15, -0.1) is 0 Å². The first-order valence-corrected chi connectivity index (χ1v) is 6.88. The second-order valence-electron chi connectivity index (χ2n) is 5.13. The van der Waals surface area contributed by atoms with E-state index in [1.54, 1.807) is 0 Å². The molecule has 0 radical (unpaired) electrons. The molecule has 21 heavy (non-hydrogen) atoms. The van der Waals surface area contributed by atoms with E-state index in [9.17, 15) is 19.1 Å². The van der Waals surface area contributed by atoms with Crippen LogP contribution < -0.4 is 10.6 Å². The molecule has 3 N–H and O–H groups in total. The molecule has 0 saturated carbocycles. The van der Waals surface area contributed by atoms with Gasteiger partial charge in [-0.1, -0.05) is 13.8 Å². The molecule has 0 heterocycles. The summed E-state index contributed by atoms with van der Waals surface area (Å²) in [5.41, 5.74) is 0.359. The van der Waals surface area contributed by atoms with Gasteiger partial charge in [-0.2, -0.15) is 0 Å². The molecule has 0 aliphatic rings. The predicted octanol–water partition coefficient (Wildman–Crippen LogP) is 1.08. The van der Waals surface area contributed by atoms with E-state index in [1.807, 2.05) is 13.8 Å². The van der Waals surface area contributed by atoms with Crippen molar-refractivity contribution >= 4 is 11.8 Å². The Morgan fingerprint density at radius 2 is 1.71 bits per heavy atom. The predicted molar refractivity (Wildman–Crippen MR) is 77.2 cm³/mol. The monoisotopic (exact) mass is 296 g/mol. The molecule has 116 valence electrons. The second-order valence-corrected chi connectivity index (χ2v) is 5.13. The van der Waals surface area contributed by atoms with Crippen LogP contribution in [0.4, 0.5) is 4.39 Å². The van der Waals surface area contributed by atoms with E-state index >= 15 is 0 Å². The highest BCUT2D eigenvalue weighted by Gasteiger charge is 2.13. The lowest BCUT2D eigenvalue weighted by molar-refractivity contribution is -0.123. The van der Waals surface area contributed by atoms with Crippen LogP contribution in [0.25, 0.3) is 0 Å². The molecule has 0 spiro atoms. The smallest absolute Gasteiger partial charge is 0.251 e. The minimum absolute atomic E-state index is 0.0222. The Labute approximate surface area is 123 Å². The van der Waals surface area contributed by atoms with Crippen LogP contribution in [-0.2, 0) is 4.79 Å². The van der Waals surface area contributed by atoms with Crippen LogP contribution in [0.15, 0.2) is 24.3 Å². The zero-order valence-electron chi connectivity index (χ0n) is 12.2. The van der Waals surface area contributed by atoms with E-state index in [1.165, 1.54) is 24.3 Å². The van der Waals surface area contributed by atoms with Crippen LogP contribution in [0.3, 0.4) is 0 Å². The van der Waals surface area contributed by atoms with Gasteiger partial charge in [0.1, 0.15) is 5.82 Å². The molecule has 1 atom stereocenters. The first-order valence-electron chi connectivity index (χ1n) is 6.88. The molecule has 0 aliphatic carbocycles. The molecule has 5 nitrogen and oxygen atoms in total. The van der Waals surface area contributed by atoms with E-state index in [0.29, 0.717) is 5.56 Å². The van der Waals surface area contributed by atoms with Crippen molar-refractivity contribution in [2.24, 2.45) is 5.92 Å². The van der Waals surface area contributed by atoms with Gasteiger partial charge in [0.2, 0.25) is 5.91 Å². The number of aliphatic hydroxyl groups excluding tert-OH is 1. The summed E-state index contributed by atoms with van der Waals surface area (Å²) in [4.78, 5) is 23.2. The van der Waals surface area contributed by atoms with E-state index in [4.69, 9.17) is 0 Å². The maximum Gasteiger partial charge on any atom is 0.251 e. The summed E-state index contributed by atoms with van der Waals surface area (Å²) in [5.74, 6) is -0.963. The van der Waals surface area contributed by atoms with Crippen LogP contribution >= 0.6 is 0 Å². The Balaban J connectivity index is 2.23. The van der Waals surface area contributed by atoms with Crippen molar-refractivity contribution in [2.45, 2.75) is 26.4 Å². The number of benzene rings is 1. The van der Waals surface area contributed by atoms with Crippen molar-refractivity contribution in [1.82, 2.24) is 10.6 Å². The third-order valence-electron chi connectivity index (χ3n) is 3.00. The third kappa shape index (κ3) is 6.35. The highest BCUT2D eigenvalue weighted by molar-refractivity contribution is 5.94. The van der Waals surface area contributed by atoms with E-state index in [-0.39, 0.29) is 37.2 Å².